The monoisotopic (exact) mass is 886 g/mol. The summed E-state index contributed by atoms with van der Waals surface area (Å²) in [5.74, 6) is 1.46. The lowest BCUT2D eigenvalue weighted by atomic mass is 9.44. The third-order valence-corrected chi connectivity index (χ3v) is 17.8. The smallest absolute Gasteiger partial charge is 0.187 e. The van der Waals surface area contributed by atoms with Crippen LogP contribution in [-0.2, 0) is 42.7 Å². The van der Waals surface area contributed by atoms with Gasteiger partial charge in [-0.05, 0) is 80.0 Å². The van der Waals surface area contributed by atoms with Crippen molar-refractivity contribution < 1.29 is 88.6 Å². The first-order valence-electron chi connectivity index (χ1n) is 23.2. The number of ketones is 1. The van der Waals surface area contributed by atoms with Crippen molar-refractivity contribution in [3.05, 3.63) is 0 Å². The molecular formula is C44H70O18. The van der Waals surface area contributed by atoms with E-state index in [9.17, 15) is 50.8 Å². The van der Waals surface area contributed by atoms with Crippen molar-refractivity contribution in [1.82, 2.24) is 0 Å². The van der Waals surface area contributed by atoms with E-state index < -0.39 is 123 Å². The average molecular weight is 887 g/mol. The minimum atomic E-state index is -1.85. The predicted molar refractivity (Wildman–Crippen MR) is 210 cm³/mol. The summed E-state index contributed by atoms with van der Waals surface area (Å²) < 4.78 is 49.7. The highest BCUT2D eigenvalue weighted by atomic mass is 16.8. The maximum absolute atomic E-state index is 14.7. The summed E-state index contributed by atoms with van der Waals surface area (Å²) in [6.07, 6.45) is -15.5. The molecule has 5 aliphatic heterocycles. The van der Waals surface area contributed by atoms with Crippen molar-refractivity contribution in [2.24, 2.45) is 52.3 Å². The van der Waals surface area contributed by atoms with Crippen LogP contribution in [0.1, 0.15) is 85.5 Å². The number of carbonyl (C=O) groups is 1. The van der Waals surface area contributed by atoms with Crippen LogP contribution in [0.5, 0.6) is 0 Å². The fourth-order valence-electron chi connectivity index (χ4n) is 14.1. The zero-order chi connectivity index (χ0) is 44.2. The Hall–Kier alpha value is -1.01. The molecule has 5 saturated heterocycles. The summed E-state index contributed by atoms with van der Waals surface area (Å²) in [7, 11) is 0. The van der Waals surface area contributed by atoms with E-state index in [1.165, 1.54) is 0 Å². The second-order valence-electron chi connectivity index (χ2n) is 20.9. The van der Waals surface area contributed by atoms with Gasteiger partial charge in [-0.2, -0.15) is 0 Å². The lowest BCUT2D eigenvalue weighted by molar-refractivity contribution is -0.392. The van der Waals surface area contributed by atoms with Crippen molar-refractivity contribution in [3.63, 3.8) is 0 Å². The maximum Gasteiger partial charge on any atom is 0.187 e. The number of aliphatic hydroxyl groups excluding tert-OH is 9. The van der Waals surface area contributed by atoms with Gasteiger partial charge >= 0.3 is 0 Å². The van der Waals surface area contributed by atoms with E-state index in [0.717, 1.165) is 38.5 Å². The van der Waals surface area contributed by atoms with Crippen LogP contribution < -0.4 is 0 Å². The molecule has 18 nitrogen and oxygen atoms in total. The zero-order valence-corrected chi connectivity index (χ0v) is 36.2. The molecule has 0 radical (unpaired) electrons. The second-order valence-corrected chi connectivity index (χ2v) is 20.9. The van der Waals surface area contributed by atoms with E-state index in [1.807, 2.05) is 0 Å². The SMILES string of the molecule is CC1CC[C@@]2(OC1)O[C@H]1C[C@H]3[C@@H]4CC[C@@H]5C[C@@H](O[C@@H]6O[C@H](CO)[C@@H](O)[C@H](O[C@@H]7OC[C@@H](O)[C@H](O)[C@H]7O)[C@H]6O[C@@H]6O[C@H](CO)[C@@H](O)[C@H](O)[C@H]6O)CC[C@]5(C)[C@H]4CC(=O)[C@]3(C)[C@H]1[C@@H]2C. The van der Waals surface area contributed by atoms with Gasteiger partial charge in [-0.25, -0.2) is 0 Å². The van der Waals surface area contributed by atoms with Crippen molar-refractivity contribution >= 4 is 5.78 Å². The summed E-state index contributed by atoms with van der Waals surface area (Å²) in [6, 6.07) is 0. The van der Waals surface area contributed by atoms with Gasteiger partial charge in [0.2, 0.25) is 0 Å². The van der Waals surface area contributed by atoms with Gasteiger partial charge in [-0.1, -0.05) is 27.7 Å². The molecule has 4 aliphatic carbocycles. The number of Topliss-reactive ketones (excluding diaryl/α,β-unsaturated/α-hetero) is 1. The van der Waals surface area contributed by atoms with Crippen LogP contribution in [0.15, 0.2) is 0 Å². The number of hydrogen-bond acceptors (Lipinski definition) is 18. The minimum absolute atomic E-state index is 0.00178. The molecule has 9 fully saturated rings. The van der Waals surface area contributed by atoms with E-state index in [0.29, 0.717) is 43.5 Å². The highest BCUT2D eigenvalue weighted by Crippen LogP contribution is 2.70. The molecule has 18 heteroatoms. The van der Waals surface area contributed by atoms with Gasteiger partial charge in [0.15, 0.2) is 24.7 Å². The van der Waals surface area contributed by atoms with Crippen LogP contribution in [0.4, 0.5) is 0 Å². The molecule has 0 bridgehead atoms. The lowest BCUT2D eigenvalue weighted by Gasteiger charge is -2.61. The highest BCUT2D eigenvalue weighted by Gasteiger charge is 2.72. The number of carbonyl (C=O) groups excluding carboxylic acids is 1. The van der Waals surface area contributed by atoms with E-state index in [2.05, 4.69) is 27.7 Å². The van der Waals surface area contributed by atoms with Gasteiger partial charge < -0.3 is 83.9 Å². The van der Waals surface area contributed by atoms with Crippen molar-refractivity contribution in [1.29, 1.82) is 0 Å². The van der Waals surface area contributed by atoms with Crippen LogP contribution in [0.25, 0.3) is 0 Å². The fourth-order valence-corrected chi connectivity index (χ4v) is 14.1. The van der Waals surface area contributed by atoms with Crippen LogP contribution >= 0.6 is 0 Å². The molecule has 4 saturated carbocycles. The number of ether oxygens (including phenoxy) is 8. The van der Waals surface area contributed by atoms with E-state index in [4.69, 9.17) is 37.9 Å². The molecule has 354 valence electrons. The lowest BCUT2D eigenvalue weighted by Crippen LogP contribution is -2.67. The molecule has 1 spiro atoms. The van der Waals surface area contributed by atoms with Crippen molar-refractivity contribution in [2.75, 3.05) is 26.4 Å². The summed E-state index contributed by atoms with van der Waals surface area (Å²) in [6.45, 7) is 7.84. The molecule has 26 atom stereocenters. The molecule has 1 unspecified atom stereocenters. The Morgan fingerprint density at radius 1 is 0.694 bits per heavy atom. The number of fused-ring (bicyclic) bond motifs is 7. The first-order chi connectivity index (χ1) is 29.4. The standard InChI is InChI=1S/C44H70O18/c1-18-7-10-44(56-16-18)19(2)30-26(62-44)12-24-22-6-5-20-11-21(8-9-42(20,3)23(22)13-29(48)43(24,30)4)57-41-38(61-40-36(54)34(52)32(50)27(14-45)58-40)37(33(51)28(15-46)59-41)60-39-35(53)31(49)25(47)17-55-39/h18-28,30-41,45-47,49-54H,5-17H2,1-4H3/t18?,19-,20+,21-,22+,23-,24-,25+,26-,27+,28+,30-,31-,32+,33+,34-,35+,36+,37-,38+,39-,40-,41+,42-,43+,44+/m0/s1. The van der Waals surface area contributed by atoms with Crippen molar-refractivity contribution in [3.8, 4) is 0 Å². The largest absolute Gasteiger partial charge is 0.394 e. The Kier molecular flexibility index (Phi) is 12.8. The van der Waals surface area contributed by atoms with E-state index in [1.54, 1.807) is 0 Å². The molecule has 5 heterocycles. The summed E-state index contributed by atoms with van der Waals surface area (Å²) in [5.41, 5.74) is -0.620. The van der Waals surface area contributed by atoms with Gasteiger partial charge in [-0.3, -0.25) is 4.79 Å². The van der Waals surface area contributed by atoms with Crippen LogP contribution in [0, 0.1) is 52.3 Å². The van der Waals surface area contributed by atoms with Gasteiger partial charge in [0.05, 0.1) is 38.6 Å². The number of hydrogen-bond donors (Lipinski definition) is 9. The second kappa shape index (κ2) is 17.3. The maximum atomic E-state index is 14.7. The van der Waals surface area contributed by atoms with Crippen LogP contribution in [-0.4, -0.2) is 182 Å². The normalized spacial score (nSPS) is 57.8. The van der Waals surface area contributed by atoms with E-state index >= 15 is 0 Å². The topological polar surface area (TPSA) is 273 Å². The molecule has 9 N–H and O–H groups in total. The molecule has 0 aromatic heterocycles. The predicted octanol–water partition coefficient (Wildman–Crippen LogP) is -0.915. The Bertz CT molecular complexity index is 1600. The molecule has 0 aromatic rings. The quantitative estimate of drug-likeness (QED) is 0.133. The zero-order valence-electron chi connectivity index (χ0n) is 36.2. The number of rotatable bonds is 8. The summed E-state index contributed by atoms with van der Waals surface area (Å²) in [4.78, 5) is 14.7. The Morgan fingerprint density at radius 2 is 1.39 bits per heavy atom. The molecular weight excluding hydrogens is 816 g/mol. The third kappa shape index (κ3) is 7.38. The molecule has 62 heavy (non-hydrogen) atoms. The Labute approximate surface area is 362 Å². The fraction of sp³-hybridized carbons (Fsp3) is 0.977. The van der Waals surface area contributed by atoms with Crippen LogP contribution in [0.3, 0.4) is 0 Å². The van der Waals surface area contributed by atoms with E-state index in [-0.39, 0.29) is 41.1 Å². The first kappa shape index (κ1) is 46.1. The summed E-state index contributed by atoms with van der Waals surface area (Å²) in [5, 5.41) is 95.1. The Balaban J connectivity index is 0.929. The van der Waals surface area contributed by atoms with Gasteiger partial charge in [0, 0.05) is 30.1 Å². The molecule has 0 amide bonds. The van der Waals surface area contributed by atoms with Gasteiger partial charge in [0.1, 0.15) is 72.9 Å². The number of aliphatic hydroxyl groups is 9. The van der Waals surface area contributed by atoms with Gasteiger partial charge in [-0.15, -0.1) is 0 Å². The molecule has 9 aliphatic rings. The Morgan fingerprint density at radius 3 is 2.10 bits per heavy atom. The third-order valence-electron chi connectivity index (χ3n) is 17.8. The molecule has 9 rings (SSSR count). The van der Waals surface area contributed by atoms with Gasteiger partial charge in [0.25, 0.3) is 0 Å². The average Bonchev–Trinajstić information content (AvgIpc) is 3.70. The van der Waals surface area contributed by atoms with Crippen molar-refractivity contribution in [2.45, 2.75) is 189 Å². The van der Waals surface area contributed by atoms with Crippen LogP contribution in [0.2, 0.25) is 0 Å². The molecule has 0 aromatic carbocycles. The highest BCUT2D eigenvalue weighted by molar-refractivity contribution is 5.87. The minimum Gasteiger partial charge on any atom is -0.394 e. The summed E-state index contributed by atoms with van der Waals surface area (Å²) >= 11 is 0. The first-order valence-corrected chi connectivity index (χ1v) is 23.2.